The summed E-state index contributed by atoms with van der Waals surface area (Å²) >= 11 is 0. The molecule has 2 atom stereocenters. The van der Waals surface area contributed by atoms with Gasteiger partial charge in [-0.3, -0.25) is 0 Å². The van der Waals surface area contributed by atoms with Crippen LogP contribution < -0.4 is 10.0 Å². The molecule has 0 aliphatic heterocycles. The van der Waals surface area contributed by atoms with Crippen LogP contribution in [0.15, 0.2) is 0 Å². The fourth-order valence-corrected chi connectivity index (χ4v) is 2.79. The van der Waals surface area contributed by atoms with E-state index in [1.165, 1.54) is 0 Å². The molecule has 0 heterocycles. The summed E-state index contributed by atoms with van der Waals surface area (Å²) in [5.74, 6) is 0.204. The molecule has 0 spiro atoms. The Morgan fingerprint density at radius 1 is 1.22 bits per heavy atom. The summed E-state index contributed by atoms with van der Waals surface area (Å²) in [5.41, 5.74) is 0. The zero-order valence-electron chi connectivity index (χ0n) is 12.2. The van der Waals surface area contributed by atoms with Crippen LogP contribution in [0.3, 0.4) is 0 Å². The highest BCUT2D eigenvalue weighted by Gasteiger charge is 2.25. The van der Waals surface area contributed by atoms with Crippen molar-refractivity contribution in [2.75, 3.05) is 26.8 Å². The summed E-state index contributed by atoms with van der Waals surface area (Å²) in [6.07, 6.45) is 0.999. The van der Waals surface area contributed by atoms with Crippen LogP contribution in [0.25, 0.3) is 0 Å². The maximum absolute atomic E-state index is 12.1. The summed E-state index contributed by atoms with van der Waals surface area (Å²) in [4.78, 5) is 0. The first-order chi connectivity index (χ1) is 8.35. The van der Waals surface area contributed by atoms with Gasteiger partial charge in [-0.2, -0.15) is 0 Å². The molecule has 0 radical (unpaired) electrons. The van der Waals surface area contributed by atoms with Crippen molar-refractivity contribution in [3.05, 3.63) is 0 Å². The summed E-state index contributed by atoms with van der Waals surface area (Å²) in [5, 5.41) is 2.68. The van der Waals surface area contributed by atoms with Crippen molar-refractivity contribution in [1.29, 1.82) is 0 Å². The van der Waals surface area contributed by atoms with Crippen LogP contribution in [0, 0.1) is 5.92 Å². The minimum absolute atomic E-state index is 0.173. The second-order valence-electron chi connectivity index (χ2n) is 4.98. The van der Waals surface area contributed by atoms with Crippen LogP contribution in [0.1, 0.15) is 34.1 Å². The molecule has 0 bridgehead atoms. The second kappa shape index (κ2) is 8.85. The quantitative estimate of drug-likeness (QED) is 0.585. The monoisotopic (exact) mass is 280 g/mol. The molecule has 0 aromatic carbocycles. The molecule has 6 heteroatoms. The van der Waals surface area contributed by atoms with Crippen molar-refractivity contribution in [2.45, 2.75) is 45.4 Å². The third-order valence-corrected chi connectivity index (χ3v) is 4.71. The zero-order chi connectivity index (χ0) is 14.2. The van der Waals surface area contributed by atoms with Gasteiger partial charge in [0, 0.05) is 19.7 Å². The minimum atomic E-state index is -3.30. The molecule has 0 saturated carbocycles. The maximum atomic E-state index is 12.1. The molecule has 2 N–H and O–H groups in total. The lowest BCUT2D eigenvalue weighted by Gasteiger charge is -2.24. The highest BCUT2D eigenvalue weighted by atomic mass is 32.2. The Kier molecular flexibility index (Phi) is 8.77. The van der Waals surface area contributed by atoms with Crippen molar-refractivity contribution in [3.8, 4) is 0 Å². The normalized spacial score (nSPS) is 15.9. The summed E-state index contributed by atoms with van der Waals surface area (Å²) in [7, 11) is -1.72. The Morgan fingerprint density at radius 2 is 1.83 bits per heavy atom. The molecule has 0 aliphatic carbocycles. The van der Waals surface area contributed by atoms with Crippen LogP contribution in [0.5, 0.6) is 0 Å². The van der Waals surface area contributed by atoms with Gasteiger partial charge in [0.25, 0.3) is 0 Å². The molecule has 0 aliphatic rings. The molecular formula is C12H28N2O3S. The lowest BCUT2D eigenvalue weighted by molar-refractivity contribution is 0.157. The fraction of sp³-hybridized carbons (Fsp3) is 1.00. The Hall–Kier alpha value is -0.170. The molecule has 2 unspecified atom stereocenters. The van der Waals surface area contributed by atoms with Crippen molar-refractivity contribution < 1.29 is 13.2 Å². The molecule has 0 rings (SSSR count). The first-order valence-corrected chi connectivity index (χ1v) is 8.10. The molecule has 5 nitrogen and oxygen atoms in total. The largest absolute Gasteiger partial charge is 0.383 e. The van der Waals surface area contributed by atoms with Crippen LogP contribution in [-0.2, 0) is 14.8 Å². The lowest BCUT2D eigenvalue weighted by atomic mass is 10.1. The number of methoxy groups -OCH3 is 1. The zero-order valence-corrected chi connectivity index (χ0v) is 13.0. The first kappa shape index (κ1) is 17.8. The van der Waals surface area contributed by atoms with Crippen LogP contribution in [0.2, 0.25) is 0 Å². The van der Waals surface area contributed by atoms with E-state index in [4.69, 9.17) is 4.74 Å². The van der Waals surface area contributed by atoms with Gasteiger partial charge in [0.2, 0.25) is 10.0 Å². The summed E-state index contributed by atoms with van der Waals surface area (Å²) < 4.78 is 32.0. The first-order valence-electron chi connectivity index (χ1n) is 6.55. The average molecular weight is 280 g/mol. The molecule has 0 fully saturated rings. The summed E-state index contributed by atoms with van der Waals surface area (Å²) in [6.45, 7) is 9.43. The van der Waals surface area contributed by atoms with Crippen molar-refractivity contribution in [2.24, 2.45) is 5.92 Å². The standard InChI is InChI=1S/C12H28N2O3S/c1-6-7-13-8-11(4)18(15,16)14-12(9-17-5)10(2)3/h10-14H,6-9H2,1-5H3. The predicted molar refractivity (Wildman–Crippen MR) is 75.2 cm³/mol. The van der Waals surface area contributed by atoms with E-state index in [1.54, 1.807) is 14.0 Å². The van der Waals surface area contributed by atoms with Gasteiger partial charge in [-0.05, 0) is 25.8 Å². The molecule has 110 valence electrons. The molecular weight excluding hydrogens is 252 g/mol. The van der Waals surface area contributed by atoms with E-state index in [9.17, 15) is 8.42 Å². The smallest absolute Gasteiger partial charge is 0.215 e. The Bertz CT molecular complexity index is 304. The third-order valence-electron chi connectivity index (χ3n) is 2.85. The number of ether oxygens (including phenoxy) is 1. The Balaban J connectivity index is 4.42. The number of sulfonamides is 1. The number of rotatable bonds is 10. The van der Waals surface area contributed by atoms with Crippen molar-refractivity contribution in [1.82, 2.24) is 10.0 Å². The van der Waals surface area contributed by atoms with Gasteiger partial charge >= 0.3 is 0 Å². The van der Waals surface area contributed by atoms with Crippen LogP contribution in [0.4, 0.5) is 0 Å². The van der Waals surface area contributed by atoms with E-state index in [0.29, 0.717) is 13.2 Å². The van der Waals surface area contributed by atoms with Gasteiger partial charge in [0.1, 0.15) is 0 Å². The van der Waals surface area contributed by atoms with E-state index >= 15 is 0 Å². The van der Waals surface area contributed by atoms with Gasteiger partial charge in [0.15, 0.2) is 0 Å². The van der Waals surface area contributed by atoms with E-state index < -0.39 is 15.3 Å². The molecule has 0 aromatic rings. The third kappa shape index (κ3) is 6.68. The van der Waals surface area contributed by atoms with E-state index in [-0.39, 0.29) is 12.0 Å². The van der Waals surface area contributed by atoms with Gasteiger partial charge < -0.3 is 10.1 Å². The van der Waals surface area contributed by atoms with E-state index in [2.05, 4.69) is 17.0 Å². The topological polar surface area (TPSA) is 67.4 Å². The molecule has 0 amide bonds. The number of hydrogen-bond donors (Lipinski definition) is 2. The van der Waals surface area contributed by atoms with Crippen LogP contribution in [-0.4, -0.2) is 46.5 Å². The predicted octanol–water partition coefficient (Wildman–Crippen LogP) is 0.965. The van der Waals surface area contributed by atoms with E-state index in [1.807, 2.05) is 13.8 Å². The number of nitrogens with one attached hydrogen (secondary N) is 2. The maximum Gasteiger partial charge on any atom is 0.215 e. The van der Waals surface area contributed by atoms with Crippen molar-refractivity contribution >= 4 is 10.0 Å². The highest BCUT2D eigenvalue weighted by molar-refractivity contribution is 7.90. The van der Waals surface area contributed by atoms with E-state index in [0.717, 1.165) is 13.0 Å². The lowest BCUT2D eigenvalue weighted by Crippen LogP contribution is -2.47. The van der Waals surface area contributed by atoms with Gasteiger partial charge in [0.05, 0.1) is 11.9 Å². The van der Waals surface area contributed by atoms with Crippen molar-refractivity contribution in [3.63, 3.8) is 0 Å². The minimum Gasteiger partial charge on any atom is -0.383 e. The Morgan fingerprint density at radius 3 is 2.28 bits per heavy atom. The van der Waals surface area contributed by atoms with Gasteiger partial charge in [-0.15, -0.1) is 0 Å². The fourth-order valence-electron chi connectivity index (χ4n) is 1.46. The Labute approximate surface area is 112 Å². The van der Waals surface area contributed by atoms with Gasteiger partial charge in [-0.1, -0.05) is 20.8 Å². The average Bonchev–Trinajstić information content (AvgIpc) is 2.28. The molecule has 0 saturated heterocycles. The highest BCUT2D eigenvalue weighted by Crippen LogP contribution is 2.06. The van der Waals surface area contributed by atoms with Crippen LogP contribution >= 0.6 is 0 Å². The molecule has 0 aromatic heterocycles. The second-order valence-corrected chi connectivity index (χ2v) is 7.11. The molecule has 18 heavy (non-hydrogen) atoms. The summed E-state index contributed by atoms with van der Waals surface area (Å²) in [6, 6.07) is -0.173. The number of hydrogen-bond acceptors (Lipinski definition) is 4. The SMILES string of the molecule is CCCNCC(C)S(=O)(=O)NC(COC)C(C)C. The van der Waals surface area contributed by atoms with Gasteiger partial charge in [-0.25, -0.2) is 13.1 Å².